The van der Waals surface area contributed by atoms with Crippen LogP contribution in [0.15, 0.2) is 18.2 Å². The number of methoxy groups -OCH3 is 1. The van der Waals surface area contributed by atoms with Gasteiger partial charge in [0.15, 0.2) is 0 Å². The van der Waals surface area contributed by atoms with E-state index in [9.17, 15) is 0 Å². The van der Waals surface area contributed by atoms with E-state index >= 15 is 0 Å². The van der Waals surface area contributed by atoms with E-state index in [1.54, 1.807) is 7.11 Å². The van der Waals surface area contributed by atoms with Gasteiger partial charge in [0.25, 0.3) is 0 Å². The number of rotatable bonds is 2. The lowest BCUT2D eigenvalue weighted by Crippen LogP contribution is -2.37. The Bertz CT molecular complexity index is 345. The number of thioether (sulfide) groups is 1. The van der Waals surface area contributed by atoms with Gasteiger partial charge in [-0.05, 0) is 18.2 Å². The summed E-state index contributed by atoms with van der Waals surface area (Å²) >= 11 is 7.78. The normalized spacial score (nSPS) is 25.6. The van der Waals surface area contributed by atoms with Gasteiger partial charge in [0.05, 0.1) is 7.11 Å². The third-order valence-corrected chi connectivity index (χ3v) is 4.13. The summed E-state index contributed by atoms with van der Waals surface area (Å²) < 4.78 is 5.28. The fourth-order valence-electron chi connectivity index (χ4n) is 1.55. The van der Waals surface area contributed by atoms with E-state index in [0.29, 0.717) is 5.25 Å². The second kappa shape index (κ2) is 4.01. The van der Waals surface area contributed by atoms with Crippen molar-refractivity contribution in [1.82, 2.24) is 0 Å². The molecule has 1 aromatic carbocycles. The summed E-state index contributed by atoms with van der Waals surface area (Å²) in [6, 6.07) is 5.89. The van der Waals surface area contributed by atoms with Crippen LogP contribution in [0.2, 0.25) is 5.02 Å². The molecular formula is C10H12ClNOS. The van der Waals surface area contributed by atoms with E-state index in [1.807, 2.05) is 30.0 Å². The SMILES string of the molecule is COc1ccc(Cl)cc1C1SCC1N. The van der Waals surface area contributed by atoms with Crippen LogP contribution in [0.4, 0.5) is 0 Å². The standard InChI is InChI=1S/C10H12ClNOS/c1-13-9-3-2-6(11)4-7(9)10-8(12)5-14-10/h2-4,8,10H,5,12H2,1H3. The summed E-state index contributed by atoms with van der Waals surface area (Å²) in [6.07, 6.45) is 0. The van der Waals surface area contributed by atoms with Gasteiger partial charge in [-0.1, -0.05) is 11.6 Å². The quantitative estimate of drug-likeness (QED) is 0.846. The third-order valence-electron chi connectivity index (χ3n) is 2.36. The summed E-state index contributed by atoms with van der Waals surface area (Å²) in [7, 11) is 1.67. The zero-order valence-electron chi connectivity index (χ0n) is 7.87. The minimum atomic E-state index is 0.229. The van der Waals surface area contributed by atoms with E-state index in [0.717, 1.165) is 22.1 Å². The van der Waals surface area contributed by atoms with Gasteiger partial charge in [-0.15, -0.1) is 0 Å². The molecule has 0 amide bonds. The van der Waals surface area contributed by atoms with Crippen molar-refractivity contribution >= 4 is 23.4 Å². The number of benzene rings is 1. The molecular weight excluding hydrogens is 218 g/mol. The fourth-order valence-corrected chi connectivity index (χ4v) is 2.70. The van der Waals surface area contributed by atoms with Gasteiger partial charge in [-0.25, -0.2) is 0 Å². The number of nitrogens with two attached hydrogens (primary N) is 1. The van der Waals surface area contributed by atoms with Gasteiger partial charge < -0.3 is 10.5 Å². The van der Waals surface area contributed by atoms with Crippen molar-refractivity contribution in [3.63, 3.8) is 0 Å². The maximum Gasteiger partial charge on any atom is 0.123 e. The predicted octanol–water partition coefficient (Wildman–Crippen LogP) is 2.46. The van der Waals surface area contributed by atoms with Crippen molar-refractivity contribution in [2.75, 3.05) is 12.9 Å². The van der Waals surface area contributed by atoms with Crippen molar-refractivity contribution in [3.8, 4) is 5.75 Å². The monoisotopic (exact) mass is 229 g/mol. The molecule has 1 heterocycles. The molecule has 2 rings (SSSR count). The molecule has 1 fully saturated rings. The van der Waals surface area contributed by atoms with Crippen molar-refractivity contribution in [3.05, 3.63) is 28.8 Å². The van der Waals surface area contributed by atoms with Crippen LogP contribution in [-0.2, 0) is 0 Å². The van der Waals surface area contributed by atoms with Crippen LogP contribution >= 0.6 is 23.4 Å². The highest BCUT2D eigenvalue weighted by Gasteiger charge is 2.31. The van der Waals surface area contributed by atoms with Crippen molar-refractivity contribution in [2.24, 2.45) is 5.73 Å². The first-order valence-corrected chi connectivity index (χ1v) is 5.85. The Kier molecular flexibility index (Phi) is 2.91. The topological polar surface area (TPSA) is 35.2 Å². The zero-order chi connectivity index (χ0) is 10.1. The Balaban J connectivity index is 2.34. The molecule has 0 spiro atoms. The second-order valence-electron chi connectivity index (χ2n) is 3.30. The molecule has 76 valence electrons. The third kappa shape index (κ3) is 1.72. The molecule has 2 atom stereocenters. The molecule has 1 aliphatic rings. The average Bonchev–Trinajstić information content (AvgIpc) is 2.16. The second-order valence-corrected chi connectivity index (χ2v) is 4.92. The van der Waals surface area contributed by atoms with Crippen LogP contribution in [-0.4, -0.2) is 18.9 Å². The molecule has 1 saturated heterocycles. The Morgan fingerprint density at radius 1 is 1.57 bits per heavy atom. The summed E-state index contributed by atoms with van der Waals surface area (Å²) in [5, 5.41) is 1.07. The minimum Gasteiger partial charge on any atom is -0.496 e. The lowest BCUT2D eigenvalue weighted by Gasteiger charge is -2.34. The molecule has 0 aromatic heterocycles. The van der Waals surface area contributed by atoms with Gasteiger partial charge in [-0.2, -0.15) is 11.8 Å². The van der Waals surface area contributed by atoms with E-state index in [4.69, 9.17) is 22.1 Å². The maximum atomic E-state index is 5.94. The highest BCUT2D eigenvalue weighted by molar-refractivity contribution is 8.01. The number of hydrogen-bond donors (Lipinski definition) is 1. The van der Waals surface area contributed by atoms with Gasteiger partial charge >= 0.3 is 0 Å². The largest absolute Gasteiger partial charge is 0.496 e. The van der Waals surface area contributed by atoms with E-state index in [-0.39, 0.29) is 6.04 Å². The molecule has 2 N–H and O–H groups in total. The predicted molar refractivity (Wildman–Crippen MR) is 61.2 cm³/mol. The molecule has 14 heavy (non-hydrogen) atoms. The van der Waals surface area contributed by atoms with Crippen LogP contribution in [0.1, 0.15) is 10.8 Å². The fraction of sp³-hybridized carbons (Fsp3) is 0.400. The lowest BCUT2D eigenvalue weighted by atomic mass is 10.0. The number of halogens is 1. The Labute approximate surface area is 92.8 Å². The van der Waals surface area contributed by atoms with Crippen molar-refractivity contribution in [2.45, 2.75) is 11.3 Å². The first-order valence-electron chi connectivity index (χ1n) is 4.43. The summed E-state index contributed by atoms with van der Waals surface area (Å²) in [5.41, 5.74) is 7.02. The number of ether oxygens (including phenoxy) is 1. The van der Waals surface area contributed by atoms with Crippen molar-refractivity contribution in [1.29, 1.82) is 0 Å². The minimum absolute atomic E-state index is 0.229. The van der Waals surface area contributed by atoms with Crippen LogP contribution in [0, 0.1) is 0 Å². The Morgan fingerprint density at radius 3 is 2.86 bits per heavy atom. The smallest absolute Gasteiger partial charge is 0.123 e. The molecule has 4 heteroatoms. The molecule has 0 aliphatic carbocycles. The van der Waals surface area contributed by atoms with Gasteiger partial charge in [0, 0.05) is 27.6 Å². The molecule has 2 unspecified atom stereocenters. The van der Waals surface area contributed by atoms with E-state index in [1.165, 1.54) is 0 Å². The lowest BCUT2D eigenvalue weighted by molar-refractivity contribution is 0.407. The number of hydrogen-bond acceptors (Lipinski definition) is 3. The first-order chi connectivity index (χ1) is 6.72. The van der Waals surface area contributed by atoms with Crippen LogP contribution < -0.4 is 10.5 Å². The molecule has 1 aliphatic heterocycles. The molecule has 0 bridgehead atoms. The maximum absolute atomic E-state index is 5.94. The Morgan fingerprint density at radius 2 is 2.36 bits per heavy atom. The summed E-state index contributed by atoms with van der Waals surface area (Å²) in [5.74, 6) is 1.89. The molecule has 1 aromatic rings. The van der Waals surface area contributed by atoms with Gasteiger partial charge in [0.2, 0.25) is 0 Å². The van der Waals surface area contributed by atoms with Crippen LogP contribution in [0.3, 0.4) is 0 Å². The Hall–Kier alpha value is -0.380. The summed E-state index contributed by atoms with van der Waals surface area (Å²) in [4.78, 5) is 0. The first kappa shape index (κ1) is 10.1. The average molecular weight is 230 g/mol. The van der Waals surface area contributed by atoms with Gasteiger partial charge in [0.1, 0.15) is 5.75 Å². The van der Waals surface area contributed by atoms with Crippen LogP contribution in [0.5, 0.6) is 5.75 Å². The zero-order valence-corrected chi connectivity index (χ0v) is 9.44. The molecule has 0 saturated carbocycles. The molecule has 0 radical (unpaired) electrons. The highest BCUT2D eigenvalue weighted by atomic mass is 35.5. The van der Waals surface area contributed by atoms with Crippen molar-refractivity contribution < 1.29 is 4.74 Å². The van der Waals surface area contributed by atoms with Crippen LogP contribution in [0.25, 0.3) is 0 Å². The van der Waals surface area contributed by atoms with E-state index in [2.05, 4.69) is 0 Å². The molecule has 2 nitrogen and oxygen atoms in total. The summed E-state index contributed by atoms with van der Waals surface area (Å²) in [6.45, 7) is 0. The highest BCUT2D eigenvalue weighted by Crippen LogP contribution is 2.45. The van der Waals surface area contributed by atoms with E-state index < -0.39 is 0 Å². The van der Waals surface area contributed by atoms with Gasteiger partial charge in [-0.3, -0.25) is 0 Å².